The predicted molar refractivity (Wildman–Crippen MR) is 99.2 cm³/mol. The molecule has 8 nitrogen and oxygen atoms in total. The number of methoxy groups -OCH3 is 1. The Morgan fingerprint density at radius 3 is 2.75 bits per heavy atom. The van der Waals surface area contributed by atoms with Gasteiger partial charge in [0.15, 0.2) is 0 Å². The summed E-state index contributed by atoms with van der Waals surface area (Å²) < 4.78 is 16.6. The molecular weight excluding hydrogens is 364 g/mol. The molecule has 0 radical (unpaired) electrons. The Balaban J connectivity index is 1.50. The largest absolute Gasteiger partial charge is 0.460 e. The quantitative estimate of drug-likeness (QED) is 0.507. The predicted octanol–water partition coefficient (Wildman–Crippen LogP) is 0.152. The van der Waals surface area contributed by atoms with Gasteiger partial charge in [-0.25, -0.2) is 4.79 Å². The van der Waals surface area contributed by atoms with Gasteiger partial charge in [0.2, 0.25) is 5.91 Å². The summed E-state index contributed by atoms with van der Waals surface area (Å²) in [6.07, 6.45) is 1.82. The van der Waals surface area contributed by atoms with E-state index in [4.69, 9.17) is 14.2 Å². The second-order valence-electron chi connectivity index (χ2n) is 8.12. The minimum absolute atomic E-state index is 0.0674. The number of esters is 1. The van der Waals surface area contributed by atoms with E-state index in [1.165, 1.54) is 0 Å². The van der Waals surface area contributed by atoms with Crippen LogP contribution in [0, 0.1) is 11.8 Å². The van der Waals surface area contributed by atoms with Crippen LogP contribution in [0.3, 0.4) is 0 Å². The summed E-state index contributed by atoms with van der Waals surface area (Å²) in [6, 6.07) is -0.151. The number of β-lactam (4-membered cyclic amide) rings is 1. The van der Waals surface area contributed by atoms with Gasteiger partial charge in [-0.1, -0.05) is 0 Å². The number of rotatable bonds is 6. The summed E-state index contributed by atoms with van der Waals surface area (Å²) in [5.74, 6) is -1.01. The number of amides is 1. The third-order valence-corrected chi connectivity index (χ3v) is 6.59. The van der Waals surface area contributed by atoms with Crippen molar-refractivity contribution >= 4 is 11.9 Å². The number of hydrogen-bond acceptors (Lipinski definition) is 7. The summed E-state index contributed by atoms with van der Waals surface area (Å²) in [5, 5.41) is 10.1. The number of aliphatic hydroxyl groups is 1. The smallest absolute Gasteiger partial charge is 0.355 e. The molecule has 1 saturated carbocycles. The van der Waals surface area contributed by atoms with Crippen LogP contribution in [0.2, 0.25) is 0 Å². The molecule has 2 saturated heterocycles. The van der Waals surface area contributed by atoms with Crippen molar-refractivity contribution in [1.29, 1.82) is 0 Å². The first-order valence-corrected chi connectivity index (χ1v) is 10.3. The van der Waals surface area contributed by atoms with E-state index in [2.05, 4.69) is 4.90 Å². The van der Waals surface area contributed by atoms with E-state index in [0.717, 1.165) is 37.9 Å². The normalized spacial score (nSPS) is 34.0. The van der Waals surface area contributed by atoms with Gasteiger partial charge in [0.1, 0.15) is 12.3 Å². The third kappa shape index (κ3) is 3.26. The molecule has 8 heteroatoms. The zero-order valence-electron chi connectivity index (χ0n) is 16.6. The molecule has 0 aromatic heterocycles. The van der Waals surface area contributed by atoms with Crippen LogP contribution in [0.25, 0.3) is 0 Å². The summed E-state index contributed by atoms with van der Waals surface area (Å²) >= 11 is 0. The molecule has 1 N–H and O–H groups in total. The Hall–Kier alpha value is -1.48. The van der Waals surface area contributed by atoms with Gasteiger partial charge in [0.25, 0.3) is 0 Å². The Labute approximate surface area is 165 Å². The monoisotopic (exact) mass is 394 g/mol. The van der Waals surface area contributed by atoms with Crippen molar-refractivity contribution in [3.63, 3.8) is 0 Å². The lowest BCUT2D eigenvalue weighted by molar-refractivity contribution is -0.164. The van der Waals surface area contributed by atoms with E-state index in [1.54, 1.807) is 18.9 Å². The molecule has 28 heavy (non-hydrogen) atoms. The van der Waals surface area contributed by atoms with Crippen LogP contribution in [-0.2, 0) is 23.8 Å². The zero-order chi connectivity index (χ0) is 19.8. The maximum atomic E-state index is 13.0. The Kier molecular flexibility index (Phi) is 5.73. The fourth-order valence-corrected chi connectivity index (χ4v) is 5.23. The van der Waals surface area contributed by atoms with Crippen LogP contribution in [0.15, 0.2) is 11.3 Å². The van der Waals surface area contributed by atoms with E-state index < -0.39 is 18.0 Å². The van der Waals surface area contributed by atoms with Crippen molar-refractivity contribution in [2.45, 2.75) is 44.4 Å². The highest BCUT2D eigenvalue weighted by Crippen LogP contribution is 2.52. The number of morpholine rings is 1. The minimum Gasteiger partial charge on any atom is -0.460 e. The average molecular weight is 394 g/mol. The first kappa shape index (κ1) is 19.8. The van der Waals surface area contributed by atoms with Crippen molar-refractivity contribution in [2.75, 3.05) is 46.6 Å². The maximum Gasteiger partial charge on any atom is 0.355 e. The summed E-state index contributed by atoms with van der Waals surface area (Å²) in [5.41, 5.74) is 1.26. The average Bonchev–Trinajstić information content (AvgIpc) is 2.99. The first-order chi connectivity index (χ1) is 13.5. The standard InChI is InChI=1S/C20H30N2O6/c1-12(23)15-17-13-4-3-5-14(26-2)16(13)18(22(17)19(15)24)20(25)28-11-8-21-6-9-27-10-7-21/h12-15,17,23H,3-11H2,1-2H3/t12-,13-,14-,15-,17-/m1/s1. The molecule has 0 spiro atoms. The minimum atomic E-state index is -0.727. The van der Waals surface area contributed by atoms with E-state index in [1.807, 2.05) is 0 Å². The summed E-state index contributed by atoms with van der Waals surface area (Å²) in [4.78, 5) is 29.5. The fraction of sp³-hybridized carbons (Fsp3) is 0.800. The molecule has 3 fully saturated rings. The molecule has 3 aliphatic heterocycles. The number of aliphatic hydroxyl groups excluding tert-OH is 1. The second-order valence-corrected chi connectivity index (χ2v) is 8.12. The molecule has 4 aliphatic rings. The highest BCUT2D eigenvalue weighted by molar-refractivity contribution is 6.01. The number of ether oxygens (including phenoxy) is 3. The van der Waals surface area contributed by atoms with Crippen molar-refractivity contribution < 1.29 is 28.9 Å². The van der Waals surface area contributed by atoms with Gasteiger partial charge in [-0.05, 0) is 31.8 Å². The van der Waals surface area contributed by atoms with Crippen molar-refractivity contribution in [2.24, 2.45) is 11.8 Å². The molecule has 0 bridgehead atoms. The number of nitrogens with zero attached hydrogens (tertiary/aromatic N) is 2. The van der Waals surface area contributed by atoms with E-state index in [-0.39, 0.29) is 30.6 Å². The van der Waals surface area contributed by atoms with Crippen molar-refractivity contribution in [3.05, 3.63) is 11.3 Å². The maximum absolute atomic E-state index is 13.0. The molecule has 3 heterocycles. The van der Waals surface area contributed by atoms with Crippen molar-refractivity contribution in [1.82, 2.24) is 9.80 Å². The van der Waals surface area contributed by atoms with Crippen LogP contribution in [0.4, 0.5) is 0 Å². The van der Waals surface area contributed by atoms with Gasteiger partial charge >= 0.3 is 5.97 Å². The van der Waals surface area contributed by atoms with E-state index in [9.17, 15) is 14.7 Å². The fourth-order valence-electron chi connectivity index (χ4n) is 5.23. The number of carbonyl (C=O) groups is 2. The van der Waals surface area contributed by atoms with Crippen LogP contribution in [-0.4, -0.2) is 91.6 Å². The van der Waals surface area contributed by atoms with Gasteiger partial charge < -0.3 is 24.2 Å². The van der Waals surface area contributed by atoms with Gasteiger partial charge in [-0.15, -0.1) is 0 Å². The Morgan fingerprint density at radius 2 is 2.07 bits per heavy atom. The van der Waals surface area contributed by atoms with Crippen LogP contribution < -0.4 is 0 Å². The molecule has 0 aromatic carbocycles. The van der Waals surface area contributed by atoms with Crippen LogP contribution >= 0.6 is 0 Å². The lowest BCUT2D eigenvalue weighted by Crippen LogP contribution is -2.64. The van der Waals surface area contributed by atoms with E-state index in [0.29, 0.717) is 25.5 Å². The van der Waals surface area contributed by atoms with E-state index >= 15 is 0 Å². The first-order valence-electron chi connectivity index (χ1n) is 10.3. The van der Waals surface area contributed by atoms with Gasteiger partial charge in [-0.2, -0.15) is 0 Å². The SMILES string of the molecule is CO[C@@H]1CCC[C@@H]2C1=C(C(=O)OCCN1CCOCC1)N1C(=O)[C@H]([C@@H](C)O)[C@@H]21. The summed E-state index contributed by atoms with van der Waals surface area (Å²) in [7, 11) is 1.64. The zero-order valence-corrected chi connectivity index (χ0v) is 16.6. The van der Waals surface area contributed by atoms with Gasteiger partial charge in [0, 0.05) is 32.7 Å². The molecule has 156 valence electrons. The topological polar surface area (TPSA) is 88.5 Å². The molecule has 4 rings (SSSR count). The molecule has 5 atom stereocenters. The summed E-state index contributed by atoms with van der Waals surface area (Å²) in [6.45, 7) is 5.66. The molecule has 1 amide bonds. The van der Waals surface area contributed by atoms with Crippen LogP contribution in [0.1, 0.15) is 26.2 Å². The van der Waals surface area contributed by atoms with Crippen LogP contribution in [0.5, 0.6) is 0 Å². The Morgan fingerprint density at radius 1 is 1.32 bits per heavy atom. The third-order valence-electron chi connectivity index (χ3n) is 6.59. The molecule has 0 aromatic rings. The van der Waals surface area contributed by atoms with Gasteiger partial charge in [-0.3, -0.25) is 9.69 Å². The highest BCUT2D eigenvalue weighted by Gasteiger charge is 2.62. The second kappa shape index (κ2) is 8.10. The Bertz CT molecular complexity index is 657. The molecule has 0 unspecified atom stereocenters. The highest BCUT2D eigenvalue weighted by atomic mass is 16.5. The molecular formula is C20H30N2O6. The van der Waals surface area contributed by atoms with Crippen molar-refractivity contribution in [3.8, 4) is 0 Å². The lowest BCUT2D eigenvalue weighted by atomic mass is 9.72. The number of carbonyl (C=O) groups excluding carboxylic acids is 2. The van der Waals surface area contributed by atoms with Gasteiger partial charge in [0.05, 0.1) is 37.4 Å². The lowest BCUT2D eigenvalue weighted by Gasteiger charge is -2.47. The number of hydrogen-bond donors (Lipinski definition) is 1. The number of fused-ring (bicyclic) bond motifs is 3. The molecule has 1 aliphatic carbocycles.